The fraction of sp³-hybridized carbons (Fsp3) is 0.250. The number of carboxylic acid groups (broad SMARTS) is 1. The van der Waals surface area contributed by atoms with Crippen molar-refractivity contribution in [3.8, 4) is 11.3 Å². The van der Waals surface area contributed by atoms with Crippen molar-refractivity contribution >= 4 is 18.0 Å². The second-order valence-electron chi connectivity index (χ2n) is 8.69. The van der Waals surface area contributed by atoms with E-state index < -0.39 is 42.1 Å². The predicted octanol–water partition coefficient (Wildman–Crippen LogP) is 7.11. The molecule has 0 aliphatic rings. The van der Waals surface area contributed by atoms with Gasteiger partial charge in [0, 0.05) is 36.2 Å². The van der Waals surface area contributed by atoms with Gasteiger partial charge >= 0.3 is 18.3 Å². The quantitative estimate of drug-likeness (QED) is 0.264. The summed E-state index contributed by atoms with van der Waals surface area (Å²) >= 11 is 0. The van der Waals surface area contributed by atoms with E-state index in [1.807, 2.05) is 0 Å². The van der Waals surface area contributed by atoms with Crippen LogP contribution in [0.5, 0.6) is 0 Å². The van der Waals surface area contributed by atoms with Gasteiger partial charge in [-0.1, -0.05) is 42.5 Å². The summed E-state index contributed by atoms with van der Waals surface area (Å²) < 4.78 is 77.3. The van der Waals surface area contributed by atoms with E-state index in [1.165, 1.54) is 30.5 Å². The summed E-state index contributed by atoms with van der Waals surface area (Å²) in [5, 5.41) is 11.1. The summed E-state index contributed by atoms with van der Waals surface area (Å²) in [6.07, 6.45) is -5.70. The largest absolute Gasteiger partial charge is 0.481 e. The number of carbonyl (C=O) groups is 2. The van der Waals surface area contributed by atoms with Gasteiger partial charge in [-0.3, -0.25) is 14.6 Å². The van der Waals surface area contributed by atoms with Gasteiger partial charge in [-0.05, 0) is 47.9 Å². The van der Waals surface area contributed by atoms with Crippen LogP contribution in [0.4, 0.5) is 26.3 Å². The van der Waals surface area contributed by atoms with Crippen LogP contribution < -0.4 is 5.32 Å². The lowest BCUT2D eigenvalue weighted by atomic mass is 9.93. The fourth-order valence-corrected chi connectivity index (χ4v) is 3.68. The summed E-state index contributed by atoms with van der Waals surface area (Å²) in [6.45, 7) is -0.0254. The van der Waals surface area contributed by atoms with Crippen LogP contribution in [0.3, 0.4) is 0 Å². The Morgan fingerprint density at radius 3 is 2.13 bits per heavy atom. The number of halogens is 6. The molecular formula is C28H24F6N2O3. The van der Waals surface area contributed by atoms with Crippen LogP contribution in [0.15, 0.2) is 72.9 Å². The minimum Gasteiger partial charge on any atom is -0.481 e. The SMILES string of the molecule is O=C(O)CCNC(=O)c1ccc(/C=C\C(CCC(F)(F)F)c2ccc(-c3ccc(C(F)(F)F)cc3)nc2)cc1. The third-order valence-corrected chi connectivity index (χ3v) is 5.78. The Morgan fingerprint density at radius 1 is 0.923 bits per heavy atom. The van der Waals surface area contributed by atoms with E-state index in [1.54, 1.807) is 36.4 Å². The number of carboxylic acids is 1. The molecule has 0 radical (unpaired) electrons. The molecule has 1 atom stereocenters. The van der Waals surface area contributed by atoms with Crippen molar-refractivity contribution in [3.63, 3.8) is 0 Å². The van der Waals surface area contributed by atoms with Crippen molar-refractivity contribution in [3.05, 3.63) is 95.2 Å². The van der Waals surface area contributed by atoms with Gasteiger partial charge in [0.2, 0.25) is 0 Å². The average Bonchev–Trinajstić information content (AvgIpc) is 2.88. The third kappa shape index (κ3) is 9.27. The number of carbonyl (C=O) groups excluding carboxylic acids is 1. The van der Waals surface area contributed by atoms with Crippen molar-refractivity contribution in [1.82, 2.24) is 10.3 Å². The highest BCUT2D eigenvalue weighted by atomic mass is 19.4. The molecule has 2 N–H and O–H groups in total. The number of hydrogen-bond donors (Lipinski definition) is 2. The number of hydrogen-bond acceptors (Lipinski definition) is 3. The lowest BCUT2D eigenvalue weighted by Gasteiger charge is -2.15. The molecule has 3 aromatic rings. The third-order valence-electron chi connectivity index (χ3n) is 5.78. The van der Waals surface area contributed by atoms with Gasteiger partial charge in [-0.2, -0.15) is 26.3 Å². The first kappa shape index (κ1) is 29.4. The zero-order valence-electron chi connectivity index (χ0n) is 20.4. The van der Waals surface area contributed by atoms with Gasteiger partial charge in [0.05, 0.1) is 17.7 Å². The minimum atomic E-state index is -4.47. The van der Waals surface area contributed by atoms with Crippen molar-refractivity contribution in [2.24, 2.45) is 0 Å². The molecule has 0 saturated carbocycles. The van der Waals surface area contributed by atoms with E-state index in [0.29, 0.717) is 27.9 Å². The van der Waals surface area contributed by atoms with Gasteiger partial charge in [0.1, 0.15) is 0 Å². The Kier molecular flexibility index (Phi) is 9.50. The van der Waals surface area contributed by atoms with Crippen LogP contribution in [0.1, 0.15) is 52.2 Å². The first-order valence-corrected chi connectivity index (χ1v) is 11.8. The van der Waals surface area contributed by atoms with E-state index in [-0.39, 0.29) is 19.4 Å². The van der Waals surface area contributed by atoms with Crippen molar-refractivity contribution in [1.29, 1.82) is 0 Å². The summed E-state index contributed by atoms with van der Waals surface area (Å²) in [5.74, 6) is -2.14. The van der Waals surface area contributed by atoms with Crippen LogP contribution in [-0.4, -0.2) is 34.7 Å². The van der Waals surface area contributed by atoms with E-state index in [9.17, 15) is 35.9 Å². The summed E-state index contributed by atoms with van der Waals surface area (Å²) in [7, 11) is 0. The van der Waals surface area contributed by atoms with Gasteiger partial charge in [-0.15, -0.1) is 0 Å². The number of aliphatic carboxylic acids is 1. The predicted molar refractivity (Wildman–Crippen MR) is 133 cm³/mol. The van der Waals surface area contributed by atoms with E-state index in [2.05, 4.69) is 10.3 Å². The summed E-state index contributed by atoms with van der Waals surface area (Å²) in [4.78, 5) is 26.9. The number of nitrogens with zero attached hydrogens (tertiary/aromatic N) is 1. The smallest absolute Gasteiger partial charge is 0.416 e. The van der Waals surface area contributed by atoms with Crippen molar-refractivity contribution in [2.45, 2.75) is 37.5 Å². The first-order chi connectivity index (χ1) is 18.3. The van der Waals surface area contributed by atoms with Gasteiger partial charge in [0.25, 0.3) is 5.91 Å². The lowest BCUT2D eigenvalue weighted by molar-refractivity contribution is -0.138. The van der Waals surface area contributed by atoms with Crippen LogP contribution in [-0.2, 0) is 11.0 Å². The molecule has 0 aliphatic heterocycles. The zero-order valence-corrected chi connectivity index (χ0v) is 20.4. The highest BCUT2D eigenvalue weighted by Crippen LogP contribution is 2.33. The number of allylic oxidation sites excluding steroid dienone is 1. The van der Waals surface area contributed by atoms with Gasteiger partial charge in [0.15, 0.2) is 0 Å². The molecule has 11 heteroatoms. The molecule has 1 amide bonds. The number of pyridine rings is 1. The Balaban J connectivity index is 1.74. The molecule has 0 aliphatic carbocycles. The maximum atomic E-state index is 13.0. The van der Waals surface area contributed by atoms with E-state index in [0.717, 1.165) is 12.1 Å². The molecule has 5 nitrogen and oxygen atoms in total. The van der Waals surface area contributed by atoms with Crippen LogP contribution in [0.25, 0.3) is 17.3 Å². The molecule has 2 aromatic carbocycles. The molecule has 1 heterocycles. The fourth-order valence-electron chi connectivity index (χ4n) is 3.68. The number of benzene rings is 2. The van der Waals surface area contributed by atoms with E-state index in [4.69, 9.17) is 5.11 Å². The Hall–Kier alpha value is -4.15. The van der Waals surface area contributed by atoms with E-state index >= 15 is 0 Å². The first-order valence-electron chi connectivity index (χ1n) is 11.8. The normalized spacial score (nSPS) is 12.9. The second-order valence-corrected chi connectivity index (χ2v) is 8.69. The van der Waals surface area contributed by atoms with Gasteiger partial charge in [-0.25, -0.2) is 0 Å². The van der Waals surface area contributed by atoms with Crippen LogP contribution in [0.2, 0.25) is 0 Å². The summed E-state index contributed by atoms with van der Waals surface area (Å²) in [6, 6.07) is 13.8. The maximum absolute atomic E-state index is 13.0. The molecule has 1 unspecified atom stereocenters. The topological polar surface area (TPSA) is 79.3 Å². The molecule has 1 aromatic heterocycles. The maximum Gasteiger partial charge on any atom is 0.416 e. The molecule has 0 spiro atoms. The number of aromatic nitrogens is 1. The minimum absolute atomic E-state index is 0.0254. The zero-order chi connectivity index (χ0) is 28.6. The Bertz CT molecular complexity index is 1280. The Labute approximate surface area is 220 Å². The monoisotopic (exact) mass is 550 g/mol. The second kappa shape index (κ2) is 12.6. The molecule has 0 saturated heterocycles. The van der Waals surface area contributed by atoms with Crippen LogP contribution in [0, 0.1) is 0 Å². The molecule has 3 rings (SSSR count). The average molecular weight is 550 g/mol. The van der Waals surface area contributed by atoms with Crippen LogP contribution >= 0.6 is 0 Å². The summed E-state index contributed by atoms with van der Waals surface area (Å²) in [5.41, 5.74) is 1.44. The number of amides is 1. The highest BCUT2D eigenvalue weighted by molar-refractivity contribution is 5.94. The van der Waals surface area contributed by atoms with Crippen molar-refractivity contribution in [2.75, 3.05) is 6.54 Å². The number of alkyl halides is 6. The Morgan fingerprint density at radius 2 is 1.59 bits per heavy atom. The standard InChI is InChI=1S/C28H24F6N2O3/c29-27(30,31)15-13-19(4-1-18-2-5-21(6-3-18)26(39)35-16-14-25(37)38)22-9-12-24(36-17-22)20-7-10-23(11-8-20)28(32,33)34/h1-12,17,19H,13-16H2,(H,35,39)(H,37,38)/b4-1-. The molecule has 206 valence electrons. The molecule has 39 heavy (non-hydrogen) atoms. The molecule has 0 fully saturated rings. The number of nitrogens with one attached hydrogen (secondary N) is 1. The van der Waals surface area contributed by atoms with Gasteiger partial charge < -0.3 is 10.4 Å². The highest BCUT2D eigenvalue weighted by Gasteiger charge is 2.30. The molecule has 0 bridgehead atoms. The molecular weight excluding hydrogens is 526 g/mol. The lowest BCUT2D eigenvalue weighted by Crippen LogP contribution is -2.25. The number of rotatable bonds is 10. The van der Waals surface area contributed by atoms with Crippen molar-refractivity contribution < 1.29 is 41.0 Å².